The Morgan fingerprint density at radius 2 is 1.53 bits per heavy atom. The SMILES string of the molecule is COc1ccc(-c2noc(CN(C)C(=O)CC(c3ccccc3)c3ccccc3)n2)cc1OC. The van der Waals surface area contributed by atoms with Crippen LogP contribution in [-0.2, 0) is 11.3 Å². The summed E-state index contributed by atoms with van der Waals surface area (Å²) in [5, 5.41) is 4.07. The van der Waals surface area contributed by atoms with Crippen molar-refractivity contribution < 1.29 is 18.8 Å². The Bertz CT molecular complexity index is 1190. The summed E-state index contributed by atoms with van der Waals surface area (Å²) in [7, 11) is 4.90. The molecule has 0 saturated carbocycles. The summed E-state index contributed by atoms with van der Waals surface area (Å²) in [6.45, 7) is 0.218. The van der Waals surface area contributed by atoms with E-state index in [0.717, 1.165) is 16.7 Å². The summed E-state index contributed by atoms with van der Waals surface area (Å²) in [6, 6.07) is 25.5. The van der Waals surface area contributed by atoms with Gasteiger partial charge in [0.1, 0.15) is 0 Å². The molecular weight excluding hydrogens is 430 g/mol. The molecule has 0 aliphatic heterocycles. The molecular formula is C27H27N3O4. The van der Waals surface area contributed by atoms with Gasteiger partial charge in [-0.2, -0.15) is 4.98 Å². The number of carbonyl (C=O) groups excluding carboxylic acids is 1. The number of aromatic nitrogens is 2. The van der Waals surface area contributed by atoms with Gasteiger partial charge in [-0.3, -0.25) is 4.79 Å². The maximum Gasteiger partial charge on any atom is 0.246 e. The van der Waals surface area contributed by atoms with Crippen LogP contribution >= 0.6 is 0 Å². The third-order valence-electron chi connectivity index (χ3n) is 5.69. The Labute approximate surface area is 198 Å². The molecule has 4 aromatic rings. The quantitative estimate of drug-likeness (QED) is 0.355. The number of carbonyl (C=O) groups is 1. The van der Waals surface area contributed by atoms with Gasteiger partial charge in [0.25, 0.3) is 0 Å². The molecule has 0 N–H and O–H groups in total. The number of amides is 1. The molecule has 0 saturated heterocycles. The Hall–Kier alpha value is -4.13. The largest absolute Gasteiger partial charge is 0.493 e. The topological polar surface area (TPSA) is 77.7 Å². The van der Waals surface area contributed by atoms with Gasteiger partial charge < -0.3 is 18.9 Å². The van der Waals surface area contributed by atoms with Gasteiger partial charge >= 0.3 is 0 Å². The fourth-order valence-corrected chi connectivity index (χ4v) is 3.83. The number of methoxy groups -OCH3 is 2. The van der Waals surface area contributed by atoms with Gasteiger partial charge in [-0.25, -0.2) is 0 Å². The van der Waals surface area contributed by atoms with E-state index in [4.69, 9.17) is 14.0 Å². The molecule has 1 heterocycles. The Balaban J connectivity index is 1.47. The molecule has 0 radical (unpaired) electrons. The molecule has 4 rings (SSSR count). The van der Waals surface area contributed by atoms with E-state index in [1.807, 2.05) is 42.5 Å². The molecule has 0 aliphatic rings. The molecule has 1 aromatic heterocycles. The predicted molar refractivity (Wildman–Crippen MR) is 129 cm³/mol. The van der Waals surface area contributed by atoms with Gasteiger partial charge in [0.15, 0.2) is 11.5 Å². The molecule has 0 aliphatic carbocycles. The summed E-state index contributed by atoms with van der Waals surface area (Å²) in [6.07, 6.45) is 0.335. The van der Waals surface area contributed by atoms with Crippen molar-refractivity contribution in [1.82, 2.24) is 15.0 Å². The Morgan fingerprint density at radius 3 is 2.12 bits per heavy atom. The zero-order valence-electron chi connectivity index (χ0n) is 19.5. The van der Waals surface area contributed by atoms with E-state index in [1.54, 1.807) is 38.3 Å². The molecule has 174 valence electrons. The average Bonchev–Trinajstić information content (AvgIpc) is 3.36. The highest BCUT2D eigenvalue weighted by molar-refractivity contribution is 5.77. The second kappa shape index (κ2) is 10.7. The van der Waals surface area contributed by atoms with E-state index < -0.39 is 0 Å². The fourth-order valence-electron chi connectivity index (χ4n) is 3.83. The molecule has 0 bridgehead atoms. The molecule has 0 unspecified atom stereocenters. The maximum absolute atomic E-state index is 13.1. The Morgan fingerprint density at radius 1 is 0.912 bits per heavy atom. The van der Waals surface area contributed by atoms with E-state index in [0.29, 0.717) is 29.6 Å². The van der Waals surface area contributed by atoms with E-state index in [1.165, 1.54) is 0 Å². The summed E-state index contributed by atoms with van der Waals surface area (Å²) in [4.78, 5) is 19.2. The summed E-state index contributed by atoms with van der Waals surface area (Å²) >= 11 is 0. The third kappa shape index (κ3) is 5.26. The maximum atomic E-state index is 13.1. The fraction of sp³-hybridized carbons (Fsp3) is 0.222. The first-order chi connectivity index (χ1) is 16.6. The summed E-state index contributed by atoms with van der Waals surface area (Å²) in [5.74, 6) is 1.92. The van der Waals surface area contributed by atoms with Crippen LogP contribution in [0.2, 0.25) is 0 Å². The van der Waals surface area contributed by atoms with Crippen LogP contribution in [0.25, 0.3) is 11.4 Å². The average molecular weight is 458 g/mol. The predicted octanol–water partition coefficient (Wildman–Crippen LogP) is 4.93. The summed E-state index contributed by atoms with van der Waals surface area (Å²) in [5.41, 5.74) is 2.93. The highest BCUT2D eigenvalue weighted by atomic mass is 16.5. The van der Waals surface area contributed by atoms with Gasteiger partial charge in [0.2, 0.25) is 17.6 Å². The van der Waals surface area contributed by atoms with E-state index >= 15 is 0 Å². The van der Waals surface area contributed by atoms with Crippen LogP contribution in [0.1, 0.15) is 29.4 Å². The molecule has 7 nitrogen and oxygen atoms in total. The summed E-state index contributed by atoms with van der Waals surface area (Å²) < 4.78 is 16.0. The van der Waals surface area contributed by atoms with E-state index in [9.17, 15) is 4.79 Å². The van der Waals surface area contributed by atoms with Crippen molar-refractivity contribution in [2.45, 2.75) is 18.9 Å². The minimum atomic E-state index is -0.0395. The number of ether oxygens (including phenoxy) is 2. The number of hydrogen-bond donors (Lipinski definition) is 0. The van der Waals surface area contributed by atoms with Crippen molar-refractivity contribution in [3.8, 4) is 22.9 Å². The molecule has 7 heteroatoms. The van der Waals surface area contributed by atoms with Crippen molar-refractivity contribution in [3.63, 3.8) is 0 Å². The van der Waals surface area contributed by atoms with Crippen molar-refractivity contribution in [2.24, 2.45) is 0 Å². The van der Waals surface area contributed by atoms with Crippen molar-refractivity contribution in [2.75, 3.05) is 21.3 Å². The first kappa shape index (κ1) is 23.0. The van der Waals surface area contributed by atoms with Crippen LogP contribution in [-0.4, -0.2) is 42.2 Å². The second-order valence-corrected chi connectivity index (χ2v) is 7.91. The highest BCUT2D eigenvalue weighted by Gasteiger charge is 2.22. The molecule has 1 amide bonds. The molecule has 34 heavy (non-hydrogen) atoms. The van der Waals surface area contributed by atoms with Gasteiger partial charge in [-0.1, -0.05) is 65.8 Å². The monoisotopic (exact) mass is 457 g/mol. The van der Waals surface area contributed by atoms with Crippen LogP contribution in [0.3, 0.4) is 0 Å². The molecule has 3 aromatic carbocycles. The Kier molecular flexibility index (Phi) is 7.22. The zero-order chi connectivity index (χ0) is 23.9. The van der Waals surface area contributed by atoms with Crippen LogP contribution in [0, 0.1) is 0 Å². The van der Waals surface area contributed by atoms with Crippen molar-refractivity contribution in [1.29, 1.82) is 0 Å². The van der Waals surface area contributed by atoms with E-state index in [2.05, 4.69) is 34.4 Å². The third-order valence-corrected chi connectivity index (χ3v) is 5.69. The lowest BCUT2D eigenvalue weighted by Crippen LogP contribution is -2.28. The smallest absolute Gasteiger partial charge is 0.246 e. The molecule has 0 fully saturated rings. The molecule has 0 spiro atoms. The van der Waals surface area contributed by atoms with Crippen LogP contribution in [0.4, 0.5) is 0 Å². The lowest BCUT2D eigenvalue weighted by Gasteiger charge is -2.21. The van der Waals surface area contributed by atoms with Crippen LogP contribution in [0.5, 0.6) is 11.5 Å². The minimum Gasteiger partial charge on any atom is -0.493 e. The standard InChI is InChI=1S/C27H27N3O4/c1-30(18-25-28-27(29-34-25)21-14-15-23(32-2)24(16-21)33-3)26(31)17-22(19-10-6-4-7-11-19)20-12-8-5-9-13-20/h4-16,22H,17-18H2,1-3H3. The van der Waals surface area contributed by atoms with Crippen molar-refractivity contribution in [3.05, 3.63) is 95.9 Å². The number of benzene rings is 3. The lowest BCUT2D eigenvalue weighted by atomic mass is 9.88. The van der Waals surface area contributed by atoms with Crippen LogP contribution in [0.15, 0.2) is 83.4 Å². The van der Waals surface area contributed by atoms with Gasteiger partial charge in [0.05, 0.1) is 20.8 Å². The minimum absolute atomic E-state index is 0.0106. The lowest BCUT2D eigenvalue weighted by molar-refractivity contribution is -0.131. The molecule has 0 atom stereocenters. The van der Waals surface area contributed by atoms with E-state index in [-0.39, 0.29) is 18.4 Å². The zero-order valence-corrected chi connectivity index (χ0v) is 19.5. The first-order valence-electron chi connectivity index (χ1n) is 11.0. The second-order valence-electron chi connectivity index (χ2n) is 7.91. The van der Waals surface area contributed by atoms with Crippen molar-refractivity contribution >= 4 is 5.91 Å². The normalized spacial score (nSPS) is 10.8. The number of rotatable bonds is 9. The highest BCUT2D eigenvalue weighted by Crippen LogP contribution is 2.31. The van der Waals surface area contributed by atoms with Gasteiger partial charge in [-0.15, -0.1) is 0 Å². The van der Waals surface area contributed by atoms with Gasteiger partial charge in [0, 0.05) is 24.9 Å². The van der Waals surface area contributed by atoms with Crippen LogP contribution < -0.4 is 9.47 Å². The number of hydrogen-bond acceptors (Lipinski definition) is 6. The first-order valence-corrected chi connectivity index (χ1v) is 11.0. The number of nitrogens with zero attached hydrogens (tertiary/aromatic N) is 3. The van der Waals surface area contributed by atoms with Gasteiger partial charge in [-0.05, 0) is 29.3 Å².